The summed E-state index contributed by atoms with van der Waals surface area (Å²) in [4.78, 5) is 2.34. The SMILES string of the molecule is CC1(C)c2ccccc2-c2ccc3c(ccc4ccc(N(c5ccccc5)c5ccc6c(c5)oc5ccccc56)cc43)c2C1(C)C. The molecule has 0 unspecified atom stereocenters. The Hall–Kier alpha value is -5.34. The van der Waals surface area contributed by atoms with Crippen molar-refractivity contribution in [2.75, 3.05) is 4.90 Å². The Balaban J connectivity index is 1.28. The van der Waals surface area contributed by atoms with Gasteiger partial charge in [-0.3, -0.25) is 0 Å². The molecule has 0 radical (unpaired) electrons. The number of anilines is 3. The molecule has 1 aromatic heterocycles. The average Bonchev–Trinajstić information content (AvgIpc) is 3.45. The third-order valence-electron chi connectivity index (χ3n) is 11.0. The monoisotopic (exact) mass is 593 g/mol. The molecule has 0 spiro atoms. The van der Waals surface area contributed by atoms with E-state index < -0.39 is 0 Å². The highest BCUT2D eigenvalue weighted by Crippen LogP contribution is 2.56. The zero-order valence-corrected chi connectivity index (χ0v) is 26.6. The summed E-state index contributed by atoms with van der Waals surface area (Å²) < 4.78 is 6.33. The molecule has 9 rings (SSSR count). The minimum atomic E-state index is -0.0699. The maximum absolute atomic E-state index is 6.33. The summed E-state index contributed by atoms with van der Waals surface area (Å²) in [7, 11) is 0. The first-order chi connectivity index (χ1) is 22.3. The lowest BCUT2D eigenvalue weighted by Gasteiger charge is -2.49. The largest absolute Gasteiger partial charge is 0.456 e. The Kier molecular flexibility index (Phi) is 5.63. The van der Waals surface area contributed by atoms with Gasteiger partial charge in [-0.15, -0.1) is 0 Å². The third kappa shape index (κ3) is 3.70. The van der Waals surface area contributed by atoms with Gasteiger partial charge in [0.15, 0.2) is 0 Å². The Morgan fingerprint density at radius 3 is 1.96 bits per heavy atom. The van der Waals surface area contributed by atoms with Crippen LogP contribution < -0.4 is 4.90 Å². The van der Waals surface area contributed by atoms with Gasteiger partial charge in [0.25, 0.3) is 0 Å². The zero-order valence-electron chi connectivity index (χ0n) is 26.6. The molecular formula is C44H35NO. The molecule has 1 aliphatic carbocycles. The van der Waals surface area contributed by atoms with Crippen LogP contribution in [0.15, 0.2) is 144 Å². The van der Waals surface area contributed by atoms with Crippen molar-refractivity contribution >= 4 is 60.5 Å². The van der Waals surface area contributed by atoms with Crippen molar-refractivity contribution in [2.24, 2.45) is 0 Å². The lowest BCUT2D eigenvalue weighted by atomic mass is 9.55. The number of fused-ring (bicyclic) bond motifs is 10. The topological polar surface area (TPSA) is 16.4 Å². The summed E-state index contributed by atoms with van der Waals surface area (Å²) in [6, 6.07) is 50.7. The van der Waals surface area contributed by atoms with E-state index in [0.717, 1.165) is 39.0 Å². The number of rotatable bonds is 3. The van der Waals surface area contributed by atoms with Crippen molar-refractivity contribution in [3.05, 3.63) is 151 Å². The Morgan fingerprint density at radius 2 is 1.09 bits per heavy atom. The van der Waals surface area contributed by atoms with E-state index in [0.29, 0.717) is 0 Å². The van der Waals surface area contributed by atoms with Crippen molar-refractivity contribution in [1.29, 1.82) is 0 Å². The van der Waals surface area contributed by atoms with E-state index in [9.17, 15) is 0 Å². The molecule has 1 heterocycles. The number of para-hydroxylation sites is 2. The smallest absolute Gasteiger partial charge is 0.137 e. The van der Waals surface area contributed by atoms with Crippen LogP contribution >= 0.6 is 0 Å². The Bertz CT molecular complexity index is 2480. The van der Waals surface area contributed by atoms with Crippen LogP contribution in [0.5, 0.6) is 0 Å². The van der Waals surface area contributed by atoms with Gasteiger partial charge in [0, 0.05) is 39.3 Å². The maximum Gasteiger partial charge on any atom is 0.137 e. The van der Waals surface area contributed by atoms with E-state index in [4.69, 9.17) is 4.42 Å². The summed E-state index contributed by atoms with van der Waals surface area (Å²) in [5.41, 5.74) is 10.6. The number of benzene rings is 7. The molecule has 1 aliphatic rings. The molecule has 0 amide bonds. The molecule has 46 heavy (non-hydrogen) atoms. The van der Waals surface area contributed by atoms with Crippen LogP contribution in [0.25, 0.3) is 54.6 Å². The second kappa shape index (κ2) is 9.58. The molecule has 0 aliphatic heterocycles. The van der Waals surface area contributed by atoms with Crippen LogP contribution in [0.1, 0.15) is 38.8 Å². The van der Waals surface area contributed by atoms with Crippen LogP contribution in [0, 0.1) is 0 Å². The first kappa shape index (κ1) is 27.0. The van der Waals surface area contributed by atoms with Gasteiger partial charge in [-0.05, 0) is 91.7 Å². The first-order valence-electron chi connectivity index (χ1n) is 16.2. The molecule has 0 fully saturated rings. The van der Waals surface area contributed by atoms with Crippen LogP contribution in [0.4, 0.5) is 17.1 Å². The highest BCUT2D eigenvalue weighted by molar-refractivity contribution is 6.12. The summed E-state index contributed by atoms with van der Waals surface area (Å²) in [5, 5.41) is 7.41. The van der Waals surface area contributed by atoms with Crippen molar-refractivity contribution < 1.29 is 4.42 Å². The number of furan rings is 1. The molecule has 7 aromatic carbocycles. The maximum atomic E-state index is 6.33. The van der Waals surface area contributed by atoms with E-state index in [1.54, 1.807) is 0 Å². The van der Waals surface area contributed by atoms with E-state index in [-0.39, 0.29) is 10.8 Å². The van der Waals surface area contributed by atoms with Gasteiger partial charge < -0.3 is 9.32 Å². The molecule has 0 saturated carbocycles. The molecule has 0 atom stereocenters. The number of nitrogens with zero attached hydrogens (tertiary/aromatic N) is 1. The number of hydrogen-bond donors (Lipinski definition) is 0. The Labute approximate surface area is 269 Å². The van der Waals surface area contributed by atoms with E-state index in [1.807, 2.05) is 12.1 Å². The van der Waals surface area contributed by atoms with Crippen molar-refractivity contribution in [3.8, 4) is 11.1 Å². The van der Waals surface area contributed by atoms with E-state index in [2.05, 4.69) is 160 Å². The van der Waals surface area contributed by atoms with Gasteiger partial charge >= 0.3 is 0 Å². The van der Waals surface area contributed by atoms with Crippen molar-refractivity contribution in [3.63, 3.8) is 0 Å². The normalized spacial score (nSPS) is 14.9. The highest BCUT2D eigenvalue weighted by atomic mass is 16.3. The summed E-state index contributed by atoms with van der Waals surface area (Å²) >= 11 is 0. The predicted molar refractivity (Wildman–Crippen MR) is 195 cm³/mol. The molecular weight excluding hydrogens is 558 g/mol. The van der Waals surface area contributed by atoms with E-state index >= 15 is 0 Å². The van der Waals surface area contributed by atoms with Gasteiger partial charge in [-0.25, -0.2) is 0 Å². The average molecular weight is 594 g/mol. The van der Waals surface area contributed by atoms with Gasteiger partial charge in [0.05, 0.1) is 0 Å². The molecule has 222 valence electrons. The second-order valence-corrected chi connectivity index (χ2v) is 13.8. The van der Waals surface area contributed by atoms with E-state index in [1.165, 1.54) is 43.8 Å². The molecule has 0 N–H and O–H groups in total. The zero-order chi connectivity index (χ0) is 31.2. The first-order valence-corrected chi connectivity index (χ1v) is 16.2. The lowest BCUT2D eigenvalue weighted by molar-refractivity contribution is 0.301. The third-order valence-corrected chi connectivity index (χ3v) is 11.0. The summed E-state index contributed by atoms with van der Waals surface area (Å²) in [6.07, 6.45) is 0. The fraction of sp³-hybridized carbons (Fsp3) is 0.136. The summed E-state index contributed by atoms with van der Waals surface area (Å²) in [5.74, 6) is 0. The van der Waals surface area contributed by atoms with Gasteiger partial charge in [-0.2, -0.15) is 0 Å². The fourth-order valence-electron chi connectivity index (χ4n) is 7.95. The molecule has 0 bridgehead atoms. The fourth-order valence-corrected chi connectivity index (χ4v) is 7.95. The minimum absolute atomic E-state index is 0.0267. The van der Waals surface area contributed by atoms with Crippen LogP contribution in [-0.4, -0.2) is 0 Å². The molecule has 8 aromatic rings. The van der Waals surface area contributed by atoms with Gasteiger partial charge in [-0.1, -0.05) is 119 Å². The lowest BCUT2D eigenvalue weighted by Crippen LogP contribution is -2.43. The van der Waals surface area contributed by atoms with Crippen molar-refractivity contribution in [1.82, 2.24) is 0 Å². The highest BCUT2D eigenvalue weighted by Gasteiger charge is 2.46. The minimum Gasteiger partial charge on any atom is -0.456 e. The van der Waals surface area contributed by atoms with Crippen molar-refractivity contribution in [2.45, 2.75) is 38.5 Å². The standard InChI is InChI=1S/C44H35NO/c1-43(2)39-16-10-8-14-33(39)37-25-24-32-36(42(37)44(43,3)4)22-19-28-18-20-30(26-38(28)32)45(29-12-6-5-7-13-29)31-21-23-35-34-15-9-11-17-40(34)46-41(35)27-31/h5-27H,1-4H3. The van der Waals surface area contributed by atoms with Crippen LogP contribution in [0.3, 0.4) is 0 Å². The number of hydrogen-bond acceptors (Lipinski definition) is 2. The van der Waals surface area contributed by atoms with Gasteiger partial charge in [0.2, 0.25) is 0 Å². The Morgan fingerprint density at radius 1 is 0.435 bits per heavy atom. The van der Waals surface area contributed by atoms with Crippen LogP contribution in [0.2, 0.25) is 0 Å². The second-order valence-electron chi connectivity index (χ2n) is 13.8. The quantitative estimate of drug-likeness (QED) is 0.189. The molecule has 2 nitrogen and oxygen atoms in total. The van der Waals surface area contributed by atoms with Crippen LogP contribution in [-0.2, 0) is 10.8 Å². The summed E-state index contributed by atoms with van der Waals surface area (Å²) in [6.45, 7) is 9.66. The van der Waals surface area contributed by atoms with Gasteiger partial charge in [0.1, 0.15) is 11.2 Å². The molecule has 0 saturated heterocycles. The predicted octanol–water partition coefficient (Wildman–Crippen LogP) is 12.6. The molecule has 2 heteroatoms.